The third-order valence-electron chi connectivity index (χ3n) is 2.72. The van der Waals surface area contributed by atoms with Crippen LogP contribution in [0.3, 0.4) is 0 Å². The molecule has 1 aromatic carbocycles. The second-order valence-electron chi connectivity index (χ2n) is 3.93. The minimum Gasteiger partial charge on any atom is -0.456 e. The summed E-state index contributed by atoms with van der Waals surface area (Å²) in [5.41, 5.74) is 6.32. The van der Waals surface area contributed by atoms with Gasteiger partial charge in [0.2, 0.25) is 0 Å². The molecule has 0 bridgehead atoms. The van der Waals surface area contributed by atoms with Crippen molar-refractivity contribution in [1.82, 2.24) is 0 Å². The molecular formula is C13H9ClFNOS. The van der Waals surface area contributed by atoms with Crippen molar-refractivity contribution in [3.05, 3.63) is 57.2 Å². The fourth-order valence-electron chi connectivity index (χ4n) is 1.84. The Labute approximate surface area is 112 Å². The summed E-state index contributed by atoms with van der Waals surface area (Å²) in [7, 11) is 0. The normalized spacial score (nSPS) is 13.1. The van der Waals surface area contributed by atoms with Crippen LogP contribution in [-0.2, 0) is 0 Å². The zero-order chi connectivity index (χ0) is 12.7. The molecule has 0 spiro atoms. The Morgan fingerprint density at radius 3 is 2.78 bits per heavy atom. The van der Waals surface area contributed by atoms with Gasteiger partial charge in [-0.25, -0.2) is 4.39 Å². The largest absolute Gasteiger partial charge is 0.456 e. The molecule has 1 atom stereocenters. The Morgan fingerprint density at radius 2 is 2.11 bits per heavy atom. The van der Waals surface area contributed by atoms with Gasteiger partial charge < -0.3 is 10.2 Å². The van der Waals surface area contributed by atoms with Crippen LogP contribution < -0.4 is 5.73 Å². The van der Waals surface area contributed by atoms with Crippen molar-refractivity contribution < 1.29 is 8.81 Å². The molecule has 0 aliphatic rings. The second-order valence-corrected chi connectivity index (χ2v) is 5.67. The highest BCUT2D eigenvalue weighted by Crippen LogP contribution is 2.32. The molecule has 3 rings (SSSR count). The first-order valence-corrected chi connectivity index (χ1v) is 6.53. The SMILES string of the molecule is NC(c1cc2cccc(F)c2o1)c1ccc(Cl)s1. The van der Waals surface area contributed by atoms with Crippen LogP contribution >= 0.6 is 22.9 Å². The molecule has 0 aliphatic heterocycles. The number of benzene rings is 1. The minimum atomic E-state index is -0.422. The van der Waals surface area contributed by atoms with E-state index in [2.05, 4.69) is 0 Å². The summed E-state index contributed by atoms with van der Waals surface area (Å²) in [5, 5.41) is 0.711. The van der Waals surface area contributed by atoms with Crippen LogP contribution in [0.15, 0.2) is 40.8 Å². The van der Waals surface area contributed by atoms with Crippen molar-refractivity contribution in [2.45, 2.75) is 6.04 Å². The Morgan fingerprint density at radius 1 is 1.28 bits per heavy atom. The van der Waals surface area contributed by atoms with E-state index in [1.165, 1.54) is 17.4 Å². The molecule has 0 aliphatic carbocycles. The molecule has 18 heavy (non-hydrogen) atoms. The van der Waals surface area contributed by atoms with Gasteiger partial charge in [0.1, 0.15) is 5.76 Å². The average molecular weight is 282 g/mol. The number of para-hydroxylation sites is 1. The van der Waals surface area contributed by atoms with Crippen LogP contribution in [0, 0.1) is 5.82 Å². The van der Waals surface area contributed by atoms with Gasteiger partial charge in [-0.3, -0.25) is 0 Å². The number of nitrogens with two attached hydrogens (primary N) is 1. The molecule has 1 unspecified atom stereocenters. The summed E-state index contributed by atoms with van der Waals surface area (Å²) in [6, 6.07) is 9.77. The fraction of sp³-hybridized carbons (Fsp3) is 0.0769. The van der Waals surface area contributed by atoms with Crippen molar-refractivity contribution in [3.63, 3.8) is 0 Å². The molecule has 2 aromatic heterocycles. The van der Waals surface area contributed by atoms with Crippen LogP contribution in [0.4, 0.5) is 4.39 Å². The third-order valence-corrected chi connectivity index (χ3v) is 4.04. The van der Waals surface area contributed by atoms with Gasteiger partial charge in [0.25, 0.3) is 0 Å². The van der Waals surface area contributed by atoms with Crippen LogP contribution in [-0.4, -0.2) is 0 Å². The molecule has 0 saturated carbocycles. The van der Waals surface area contributed by atoms with Crippen LogP contribution in [0.25, 0.3) is 11.0 Å². The van der Waals surface area contributed by atoms with Crippen molar-refractivity contribution in [2.24, 2.45) is 5.73 Å². The third kappa shape index (κ3) is 1.92. The summed E-state index contributed by atoms with van der Waals surface area (Å²) in [5.74, 6) is 0.156. The molecule has 0 amide bonds. The van der Waals surface area contributed by atoms with E-state index in [0.717, 1.165) is 4.88 Å². The molecule has 0 fully saturated rings. The predicted octanol–water partition coefficient (Wildman–Crippen LogP) is 4.33. The van der Waals surface area contributed by atoms with Crippen LogP contribution in [0.5, 0.6) is 0 Å². The number of furan rings is 1. The minimum absolute atomic E-state index is 0.241. The lowest BCUT2D eigenvalue weighted by Crippen LogP contribution is -2.08. The molecule has 3 aromatic rings. The van der Waals surface area contributed by atoms with Crippen molar-refractivity contribution in [3.8, 4) is 0 Å². The summed E-state index contributed by atoms with van der Waals surface area (Å²) < 4.78 is 19.7. The summed E-state index contributed by atoms with van der Waals surface area (Å²) in [6.45, 7) is 0. The smallest absolute Gasteiger partial charge is 0.169 e. The van der Waals surface area contributed by atoms with E-state index in [1.807, 2.05) is 6.07 Å². The molecule has 2 nitrogen and oxygen atoms in total. The molecular weight excluding hydrogens is 273 g/mol. The van der Waals surface area contributed by atoms with E-state index in [1.54, 1.807) is 24.3 Å². The van der Waals surface area contributed by atoms with E-state index in [4.69, 9.17) is 21.8 Å². The first kappa shape index (κ1) is 11.7. The van der Waals surface area contributed by atoms with E-state index in [-0.39, 0.29) is 11.4 Å². The highest BCUT2D eigenvalue weighted by atomic mass is 35.5. The highest BCUT2D eigenvalue weighted by Gasteiger charge is 2.17. The first-order chi connectivity index (χ1) is 8.65. The van der Waals surface area contributed by atoms with Crippen molar-refractivity contribution in [2.75, 3.05) is 0 Å². The predicted molar refractivity (Wildman–Crippen MR) is 71.5 cm³/mol. The molecule has 0 saturated heterocycles. The van der Waals surface area contributed by atoms with E-state index in [9.17, 15) is 4.39 Å². The van der Waals surface area contributed by atoms with Gasteiger partial charge in [-0.15, -0.1) is 11.3 Å². The lowest BCUT2D eigenvalue weighted by molar-refractivity contribution is 0.504. The van der Waals surface area contributed by atoms with Gasteiger partial charge >= 0.3 is 0 Å². The van der Waals surface area contributed by atoms with E-state index >= 15 is 0 Å². The lowest BCUT2D eigenvalue weighted by Gasteiger charge is -2.04. The Bertz CT molecular complexity index is 706. The van der Waals surface area contributed by atoms with Gasteiger partial charge in [-0.2, -0.15) is 0 Å². The summed E-state index contributed by atoms with van der Waals surface area (Å²) in [4.78, 5) is 0.888. The highest BCUT2D eigenvalue weighted by molar-refractivity contribution is 7.16. The standard InChI is InChI=1S/C13H9ClFNOS/c14-11-5-4-10(18-11)12(16)9-6-7-2-1-3-8(15)13(7)17-9/h1-6,12H,16H2. The molecule has 2 N–H and O–H groups in total. The lowest BCUT2D eigenvalue weighted by atomic mass is 10.2. The van der Waals surface area contributed by atoms with Gasteiger partial charge in [-0.1, -0.05) is 23.7 Å². The Balaban J connectivity index is 2.06. The number of thiophene rings is 1. The zero-order valence-electron chi connectivity index (χ0n) is 9.19. The maximum Gasteiger partial charge on any atom is 0.169 e. The van der Waals surface area contributed by atoms with E-state index < -0.39 is 6.04 Å². The first-order valence-electron chi connectivity index (χ1n) is 5.34. The van der Waals surface area contributed by atoms with Crippen LogP contribution in [0.1, 0.15) is 16.7 Å². The number of hydrogen-bond donors (Lipinski definition) is 1. The van der Waals surface area contributed by atoms with Gasteiger partial charge in [0.05, 0.1) is 10.4 Å². The summed E-state index contributed by atoms with van der Waals surface area (Å²) >= 11 is 7.26. The van der Waals surface area contributed by atoms with Gasteiger partial charge in [0, 0.05) is 10.3 Å². The zero-order valence-corrected chi connectivity index (χ0v) is 10.8. The van der Waals surface area contributed by atoms with Crippen molar-refractivity contribution >= 4 is 33.9 Å². The molecule has 0 radical (unpaired) electrons. The average Bonchev–Trinajstić information content (AvgIpc) is 2.95. The van der Waals surface area contributed by atoms with Crippen LogP contribution in [0.2, 0.25) is 4.34 Å². The number of rotatable bonds is 2. The molecule has 2 heterocycles. The fourth-order valence-corrected chi connectivity index (χ4v) is 2.91. The molecule has 92 valence electrons. The Hall–Kier alpha value is -1.36. The Kier molecular flexibility index (Phi) is 2.86. The maximum absolute atomic E-state index is 13.5. The van der Waals surface area contributed by atoms with E-state index in [0.29, 0.717) is 15.5 Å². The summed E-state index contributed by atoms with van der Waals surface area (Å²) in [6.07, 6.45) is 0. The maximum atomic E-state index is 13.5. The topological polar surface area (TPSA) is 39.2 Å². The quantitative estimate of drug-likeness (QED) is 0.759. The number of halogens is 2. The second kappa shape index (κ2) is 4.39. The molecule has 5 heteroatoms. The number of fused-ring (bicyclic) bond motifs is 1. The van der Waals surface area contributed by atoms with Gasteiger partial charge in [-0.05, 0) is 24.3 Å². The van der Waals surface area contributed by atoms with Crippen molar-refractivity contribution in [1.29, 1.82) is 0 Å². The monoisotopic (exact) mass is 281 g/mol. The number of hydrogen-bond acceptors (Lipinski definition) is 3. The van der Waals surface area contributed by atoms with Gasteiger partial charge in [0.15, 0.2) is 11.4 Å².